The summed E-state index contributed by atoms with van der Waals surface area (Å²) < 4.78 is 17.2. The lowest BCUT2D eigenvalue weighted by Crippen LogP contribution is -2.25. The molecule has 7 heteroatoms. The highest BCUT2D eigenvalue weighted by Crippen LogP contribution is 2.39. The number of hydrogen-bond donors (Lipinski definition) is 2. The summed E-state index contributed by atoms with van der Waals surface area (Å²) in [6.07, 6.45) is 0.557. The number of hydrogen-bond acceptors (Lipinski definition) is 5. The van der Waals surface area contributed by atoms with E-state index in [0.29, 0.717) is 48.3 Å². The summed E-state index contributed by atoms with van der Waals surface area (Å²) in [6.45, 7) is 5.11. The molecule has 3 rings (SSSR count). The number of phenolic OH excluding ortho intramolecular Hbond substituents is 1. The average Bonchev–Trinajstić information content (AvgIpc) is 2.84. The van der Waals surface area contributed by atoms with Crippen LogP contribution in [0.2, 0.25) is 5.02 Å². The molecule has 6 nitrogen and oxygen atoms in total. The van der Waals surface area contributed by atoms with E-state index in [1.165, 1.54) is 23.8 Å². The molecule has 0 heterocycles. The quantitative estimate of drug-likeness (QED) is 0.384. The van der Waals surface area contributed by atoms with Crippen molar-refractivity contribution in [2.24, 2.45) is 0 Å². The lowest BCUT2D eigenvalue weighted by molar-refractivity contribution is 0.0954. The first-order valence-electron chi connectivity index (χ1n) is 11.1. The Hall–Kier alpha value is -3.38. The first kappa shape index (κ1) is 25.2. The summed E-state index contributed by atoms with van der Waals surface area (Å²) in [7, 11) is 3.17. The maximum atomic E-state index is 12.4. The molecule has 0 aromatic heterocycles. The molecule has 3 aromatic carbocycles. The Morgan fingerprint density at radius 1 is 0.971 bits per heavy atom. The molecule has 0 radical (unpaired) electrons. The lowest BCUT2D eigenvalue weighted by atomic mass is 10.0. The van der Waals surface area contributed by atoms with Gasteiger partial charge in [0.05, 0.1) is 19.2 Å². The summed E-state index contributed by atoms with van der Waals surface area (Å²) >= 11 is 5.88. The number of carbonyl (C=O) groups excluding carboxylic acids is 1. The molecule has 0 unspecified atom stereocenters. The number of aromatic hydroxyl groups is 1. The molecule has 180 valence electrons. The molecular weight excluding hydrogens is 454 g/mol. The molecule has 0 saturated heterocycles. The largest absolute Gasteiger partial charge is 0.506 e. The first-order chi connectivity index (χ1) is 16.3. The van der Waals surface area contributed by atoms with Gasteiger partial charge in [0.15, 0.2) is 11.5 Å². The van der Waals surface area contributed by atoms with Gasteiger partial charge in [-0.2, -0.15) is 0 Å². The number of nitrogens with one attached hydrogen (secondary N) is 1. The van der Waals surface area contributed by atoms with Crippen LogP contribution in [0.5, 0.6) is 23.0 Å². The highest BCUT2D eigenvalue weighted by molar-refractivity contribution is 6.32. The zero-order valence-electron chi connectivity index (χ0n) is 19.9. The molecule has 0 bridgehead atoms. The minimum atomic E-state index is -0.274. The summed E-state index contributed by atoms with van der Waals surface area (Å²) in [6, 6.07) is 16.4. The number of methoxy groups -OCH3 is 2. The van der Waals surface area contributed by atoms with E-state index in [4.69, 9.17) is 25.8 Å². The van der Waals surface area contributed by atoms with Gasteiger partial charge in [-0.15, -0.1) is 0 Å². The van der Waals surface area contributed by atoms with Crippen molar-refractivity contribution in [3.8, 4) is 23.0 Å². The van der Waals surface area contributed by atoms with Gasteiger partial charge in [-0.05, 0) is 59.4 Å². The minimum Gasteiger partial charge on any atom is -0.506 e. The summed E-state index contributed by atoms with van der Waals surface area (Å²) in [4.78, 5) is 12.4. The van der Waals surface area contributed by atoms with Crippen LogP contribution in [0.1, 0.15) is 46.8 Å². The van der Waals surface area contributed by atoms with E-state index in [0.717, 1.165) is 11.1 Å². The van der Waals surface area contributed by atoms with Crippen molar-refractivity contribution in [2.45, 2.75) is 32.8 Å². The van der Waals surface area contributed by atoms with Crippen LogP contribution < -0.4 is 19.5 Å². The van der Waals surface area contributed by atoms with Gasteiger partial charge in [-0.1, -0.05) is 49.7 Å². The van der Waals surface area contributed by atoms with Crippen molar-refractivity contribution in [3.05, 3.63) is 81.9 Å². The second kappa shape index (κ2) is 11.7. The molecular formula is C27H30ClNO5. The Balaban J connectivity index is 1.65. The summed E-state index contributed by atoms with van der Waals surface area (Å²) in [5.74, 6) is 1.79. The Morgan fingerprint density at radius 3 is 2.18 bits per heavy atom. The number of benzene rings is 3. The maximum absolute atomic E-state index is 12.4. The first-order valence-corrected chi connectivity index (χ1v) is 11.4. The van der Waals surface area contributed by atoms with E-state index in [9.17, 15) is 9.90 Å². The number of carbonyl (C=O) groups is 1. The summed E-state index contributed by atoms with van der Waals surface area (Å²) in [5, 5.41) is 12.5. The van der Waals surface area contributed by atoms with Crippen LogP contribution in [0.4, 0.5) is 0 Å². The van der Waals surface area contributed by atoms with Crippen molar-refractivity contribution in [1.82, 2.24) is 5.32 Å². The van der Waals surface area contributed by atoms with E-state index >= 15 is 0 Å². The zero-order valence-corrected chi connectivity index (χ0v) is 20.6. The van der Waals surface area contributed by atoms with Crippen LogP contribution in [-0.2, 0) is 13.0 Å². The predicted octanol–water partition coefficient (Wildman–Crippen LogP) is 5.74. The summed E-state index contributed by atoms with van der Waals surface area (Å²) in [5.41, 5.74) is 3.63. The van der Waals surface area contributed by atoms with Crippen LogP contribution in [0.25, 0.3) is 0 Å². The molecule has 0 spiro atoms. The van der Waals surface area contributed by atoms with Gasteiger partial charge < -0.3 is 24.6 Å². The Morgan fingerprint density at radius 2 is 1.62 bits per heavy atom. The van der Waals surface area contributed by atoms with Crippen LogP contribution >= 0.6 is 11.6 Å². The zero-order chi connectivity index (χ0) is 24.7. The Bertz CT molecular complexity index is 1100. The van der Waals surface area contributed by atoms with Gasteiger partial charge in [-0.3, -0.25) is 4.79 Å². The molecule has 0 saturated carbocycles. The third kappa shape index (κ3) is 6.35. The fourth-order valence-electron chi connectivity index (χ4n) is 3.45. The third-order valence-electron chi connectivity index (χ3n) is 5.46. The molecule has 2 N–H and O–H groups in total. The van der Waals surface area contributed by atoms with Crippen molar-refractivity contribution in [3.63, 3.8) is 0 Å². The predicted molar refractivity (Wildman–Crippen MR) is 134 cm³/mol. The van der Waals surface area contributed by atoms with Crippen molar-refractivity contribution < 1.29 is 24.1 Å². The molecule has 0 aliphatic carbocycles. The normalized spacial score (nSPS) is 10.8. The number of rotatable bonds is 10. The van der Waals surface area contributed by atoms with Crippen molar-refractivity contribution in [1.29, 1.82) is 0 Å². The number of amides is 1. The fourth-order valence-corrected chi connectivity index (χ4v) is 3.63. The maximum Gasteiger partial charge on any atom is 0.251 e. The van der Waals surface area contributed by atoms with Gasteiger partial charge in [0.2, 0.25) is 5.75 Å². The lowest BCUT2D eigenvalue weighted by Gasteiger charge is -2.17. The SMILES string of the molecule is COc1cc(CCNC(=O)c2ccc(O)c(Cl)c2)cc(OC)c1OCc1ccc(C(C)C)cc1. The van der Waals surface area contributed by atoms with Crippen LogP contribution in [0.15, 0.2) is 54.6 Å². The van der Waals surface area contributed by atoms with E-state index in [1.54, 1.807) is 14.2 Å². The standard InChI is InChI=1S/C27H30ClNO5/c1-17(2)20-7-5-18(6-8-20)16-34-26-24(32-3)13-19(14-25(26)33-4)11-12-29-27(31)21-9-10-23(30)22(28)15-21/h5-10,13-15,17,30H,11-12,16H2,1-4H3,(H,29,31). The second-order valence-electron chi connectivity index (χ2n) is 8.19. The highest BCUT2D eigenvalue weighted by Gasteiger charge is 2.15. The van der Waals surface area contributed by atoms with E-state index in [1.807, 2.05) is 12.1 Å². The van der Waals surface area contributed by atoms with Gasteiger partial charge in [0, 0.05) is 12.1 Å². The van der Waals surface area contributed by atoms with E-state index < -0.39 is 0 Å². The van der Waals surface area contributed by atoms with Gasteiger partial charge in [-0.25, -0.2) is 0 Å². The van der Waals surface area contributed by atoms with Crippen molar-refractivity contribution >= 4 is 17.5 Å². The molecule has 34 heavy (non-hydrogen) atoms. The second-order valence-corrected chi connectivity index (χ2v) is 8.59. The van der Waals surface area contributed by atoms with Gasteiger partial charge >= 0.3 is 0 Å². The van der Waals surface area contributed by atoms with Crippen LogP contribution in [0.3, 0.4) is 0 Å². The third-order valence-corrected chi connectivity index (χ3v) is 5.76. The topological polar surface area (TPSA) is 77.0 Å². The minimum absolute atomic E-state index is 0.0627. The van der Waals surface area contributed by atoms with Gasteiger partial charge in [0.25, 0.3) is 5.91 Å². The molecule has 0 aliphatic rings. The number of halogens is 1. The molecule has 0 atom stereocenters. The smallest absolute Gasteiger partial charge is 0.251 e. The highest BCUT2D eigenvalue weighted by atomic mass is 35.5. The van der Waals surface area contributed by atoms with Crippen LogP contribution in [0, 0.1) is 0 Å². The number of ether oxygens (including phenoxy) is 3. The Kier molecular flexibility index (Phi) is 8.66. The molecule has 0 fully saturated rings. The molecule has 1 amide bonds. The Labute approximate surface area is 205 Å². The van der Waals surface area contributed by atoms with E-state index in [2.05, 4.69) is 43.4 Å². The fraction of sp³-hybridized carbons (Fsp3) is 0.296. The van der Waals surface area contributed by atoms with Crippen LogP contribution in [-0.4, -0.2) is 31.8 Å². The molecule has 3 aromatic rings. The monoisotopic (exact) mass is 483 g/mol. The number of phenols is 1. The van der Waals surface area contributed by atoms with Crippen molar-refractivity contribution in [2.75, 3.05) is 20.8 Å². The average molecular weight is 484 g/mol. The molecule has 0 aliphatic heterocycles. The van der Waals surface area contributed by atoms with Gasteiger partial charge in [0.1, 0.15) is 12.4 Å². The van der Waals surface area contributed by atoms with E-state index in [-0.39, 0.29) is 16.7 Å².